The van der Waals surface area contributed by atoms with Gasteiger partial charge in [0.25, 0.3) is 5.91 Å². The highest BCUT2D eigenvalue weighted by Gasteiger charge is 2.36. The number of likely N-dealkylation sites (tertiary alicyclic amines) is 2. The molecule has 1 N–H and O–H groups in total. The second-order valence-corrected chi connectivity index (χ2v) is 7.52. The van der Waals surface area contributed by atoms with Crippen LogP contribution >= 0.6 is 11.5 Å². The fourth-order valence-electron chi connectivity index (χ4n) is 3.56. The zero-order chi connectivity index (χ0) is 16.6. The molecule has 2 saturated heterocycles. The molecule has 6 nitrogen and oxygen atoms in total. The fraction of sp³-hybridized carbons (Fsp3) is 0.688. The number of carbonyl (C=O) groups is 2. The van der Waals surface area contributed by atoms with Crippen molar-refractivity contribution in [1.82, 2.24) is 19.5 Å². The van der Waals surface area contributed by atoms with Crippen molar-refractivity contribution in [2.24, 2.45) is 0 Å². The molecule has 0 saturated carbocycles. The van der Waals surface area contributed by atoms with Crippen molar-refractivity contribution in [3.63, 3.8) is 0 Å². The molecule has 0 unspecified atom stereocenters. The number of hydrogen-bond donors (Lipinski definition) is 1. The average Bonchev–Trinajstić information content (AvgIpc) is 3.03. The Kier molecular flexibility index (Phi) is 4.68. The third-order valence-corrected chi connectivity index (χ3v) is 5.81. The first kappa shape index (κ1) is 16.4. The molecule has 2 aliphatic rings. The minimum atomic E-state index is -0.0103. The highest BCUT2D eigenvalue weighted by atomic mass is 32.1. The number of aromatic nitrogens is 1. The van der Waals surface area contributed by atoms with Crippen LogP contribution in [0, 0.1) is 13.8 Å². The first-order valence-corrected chi connectivity index (χ1v) is 8.97. The van der Waals surface area contributed by atoms with Crippen molar-refractivity contribution >= 4 is 23.3 Å². The zero-order valence-corrected chi connectivity index (χ0v) is 14.8. The quantitative estimate of drug-likeness (QED) is 0.900. The zero-order valence-electron chi connectivity index (χ0n) is 14.0. The maximum Gasteiger partial charge on any atom is 0.254 e. The second-order valence-electron chi connectivity index (χ2n) is 6.55. The van der Waals surface area contributed by atoms with E-state index >= 15 is 0 Å². The Morgan fingerprint density at radius 1 is 1.22 bits per heavy atom. The number of piperidine rings is 1. The molecule has 0 radical (unpaired) electrons. The summed E-state index contributed by atoms with van der Waals surface area (Å²) in [5.41, 5.74) is 1.53. The van der Waals surface area contributed by atoms with Gasteiger partial charge >= 0.3 is 0 Å². The molecule has 23 heavy (non-hydrogen) atoms. The van der Waals surface area contributed by atoms with Crippen LogP contribution in [-0.4, -0.2) is 64.8 Å². The molecular formula is C16H24N4O2S. The summed E-state index contributed by atoms with van der Waals surface area (Å²) in [5, 5.41) is 3.14. The topological polar surface area (TPSA) is 65.5 Å². The lowest BCUT2D eigenvalue weighted by molar-refractivity contribution is -0.131. The third kappa shape index (κ3) is 3.26. The van der Waals surface area contributed by atoms with Gasteiger partial charge in [-0.1, -0.05) is 0 Å². The molecule has 0 aromatic carbocycles. The number of carbonyl (C=O) groups excluding carboxylic acids is 2. The first-order valence-electron chi connectivity index (χ1n) is 8.20. The summed E-state index contributed by atoms with van der Waals surface area (Å²) >= 11 is 1.38. The van der Waals surface area contributed by atoms with E-state index in [1.165, 1.54) is 11.5 Å². The van der Waals surface area contributed by atoms with Gasteiger partial charge in [0.15, 0.2) is 0 Å². The molecule has 126 valence electrons. The molecular weight excluding hydrogens is 312 g/mol. The van der Waals surface area contributed by atoms with Gasteiger partial charge in [-0.05, 0) is 44.6 Å². The number of hydrogen-bond acceptors (Lipinski definition) is 5. The Bertz CT molecular complexity index is 588. The molecule has 1 aromatic heterocycles. The highest BCUT2D eigenvalue weighted by Crippen LogP contribution is 2.22. The summed E-state index contributed by atoms with van der Waals surface area (Å²) in [4.78, 5) is 29.6. The lowest BCUT2D eigenvalue weighted by Crippen LogP contribution is -2.50. The van der Waals surface area contributed by atoms with Crippen molar-refractivity contribution in [2.45, 2.75) is 45.2 Å². The molecule has 1 aromatic rings. The lowest BCUT2D eigenvalue weighted by atomic mass is 10.0. The Hall–Kier alpha value is -1.47. The number of amides is 2. The standard InChI is InChI=1S/C16H24N4O2S/c1-10-14(11(2)23-18-10)15(21)17-12-4-8-20(9-5-12)13-6-7-19(3)16(13)22/h12-13H,4-9H2,1-3H3,(H,17,21)/t13-/m1/s1. The smallest absolute Gasteiger partial charge is 0.254 e. The van der Waals surface area contributed by atoms with Gasteiger partial charge in [0.1, 0.15) is 0 Å². The van der Waals surface area contributed by atoms with Crippen LogP contribution in [0.3, 0.4) is 0 Å². The van der Waals surface area contributed by atoms with Crippen molar-refractivity contribution in [2.75, 3.05) is 26.7 Å². The van der Waals surface area contributed by atoms with Crippen LogP contribution in [-0.2, 0) is 4.79 Å². The van der Waals surface area contributed by atoms with E-state index < -0.39 is 0 Å². The van der Waals surface area contributed by atoms with Gasteiger partial charge in [-0.15, -0.1) is 0 Å². The number of nitrogens with one attached hydrogen (secondary N) is 1. The van der Waals surface area contributed by atoms with E-state index in [0.29, 0.717) is 0 Å². The Morgan fingerprint density at radius 3 is 2.43 bits per heavy atom. The maximum atomic E-state index is 12.4. The average molecular weight is 336 g/mol. The van der Waals surface area contributed by atoms with Gasteiger partial charge in [0.05, 0.1) is 17.3 Å². The van der Waals surface area contributed by atoms with Gasteiger partial charge in [-0.3, -0.25) is 14.5 Å². The molecule has 2 amide bonds. The molecule has 3 rings (SSSR count). The molecule has 3 heterocycles. The number of likely N-dealkylation sites (N-methyl/N-ethyl adjacent to an activating group) is 1. The van der Waals surface area contributed by atoms with Gasteiger partial charge in [-0.25, -0.2) is 0 Å². The number of aryl methyl sites for hydroxylation is 2. The predicted molar refractivity (Wildman–Crippen MR) is 89.7 cm³/mol. The van der Waals surface area contributed by atoms with Gasteiger partial charge in [-0.2, -0.15) is 4.37 Å². The molecule has 2 fully saturated rings. The van der Waals surface area contributed by atoms with Crippen LogP contribution in [0.1, 0.15) is 40.2 Å². The summed E-state index contributed by atoms with van der Waals surface area (Å²) < 4.78 is 4.24. The van der Waals surface area contributed by atoms with E-state index in [0.717, 1.165) is 55.0 Å². The fourth-order valence-corrected chi connectivity index (χ4v) is 4.26. The van der Waals surface area contributed by atoms with Crippen LogP contribution in [0.4, 0.5) is 0 Å². The monoisotopic (exact) mass is 336 g/mol. The minimum absolute atomic E-state index is 0.0103. The summed E-state index contributed by atoms with van der Waals surface area (Å²) in [7, 11) is 1.87. The molecule has 0 bridgehead atoms. The largest absolute Gasteiger partial charge is 0.349 e. The number of rotatable bonds is 3. The second kappa shape index (κ2) is 6.57. The SMILES string of the molecule is Cc1nsc(C)c1C(=O)NC1CCN([C@@H]2CCN(C)C2=O)CC1. The number of nitrogens with zero attached hydrogens (tertiary/aromatic N) is 3. The Labute approximate surface area is 141 Å². The molecule has 0 spiro atoms. The third-order valence-electron chi connectivity index (χ3n) is 4.97. The summed E-state index contributed by atoms with van der Waals surface area (Å²) in [6.07, 6.45) is 2.72. The predicted octanol–water partition coefficient (Wildman–Crippen LogP) is 1.18. The van der Waals surface area contributed by atoms with Crippen molar-refractivity contribution < 1.29 is 9.59 Å². The molecule has 7 heteroatoms. The van der Waals surface area contributed by atoms with Crippen molar-refractivity contribution in [3.8, 4) is 0 Å². The van der Waals surface area contributed by atoms with E-state index in [1.54, 1.807) is 0 Å². The van der Waals surface area contributed by atoms with Crippen molar-refractivity contribution in [1.29, 1.82) is 0 Å². The summed E-state index contributed by atoms with van der Waals surface area (Å²) in [5.74, 6) is 0.229. The Morgan fingerprint density at radius 2 is 1.91 bits per heavy atom. The minimum Gasteiger partial charge on any atom is -0.349 e. The van der Waals surface area contributed by atoms with E-state index in [1.807, 2.05) is 25.8 Å². The summed E-state index contributed by atoms with van der Waals surface area (Å²) in [6, 6.07) is 0.230. The van der Waals surface area contributed by atoms with E-state index in [9.17, 15) is 9.59 Å². The summed E-state index contributed by atoms with van der Waals surface area (Å²) in [6.45, 7) is 6.40. The van der Waals surface area contributed by atoms with E-state index in [2.05, 4.69) is 14.6 Å². The molecule has 1 atom stereocenters. The molecule has 0 aliphatic carbocycles. The van der Waals surface area contributed by atoms with Crippen molar-refractivity contribution in [3.05, 3.63) is 16.1 Å². The van der Waals surface area contributed by atoms with Crippen LogP contribution in [0.15, 0.2) is 0 Å². The van der Waals surface area contributed by atoms with Crippen LogP contribution < -0.4 is 5.32 Å². The normalized spacial score (nSPS) is 23.5. The van der Waals surface area contributed by atoms with Gasteiger partial charge in [0, 0.05) is 37.6 Å². The highest BCUT2D eigenvalue weighted by molar-refractivity contribution is 7.06. The van der Waals surface area contributed by atoms with Gasteiger partial charge < -0.3 is 10.2 Å². The molecule has 2 aliphatic heterocycles. The van der Waals surface area contributed by atoms with Crippen LogP contribution in [0.5, 0.6) is 0 Å². The van der Waals surface area contributed by atoms with Gasteiger partial charge in [0.2, 0.25) is 5.91 Å². The Balaban J connectivity index is 1.54. The first-order chi connectivity index (χ1) is 11.0. The van der Waals surface area contributed by atoms with Crippen LogP contribution in [0.25, 0.3) is 0 Å². The van der Waals surface area contributed by atoms with Crippen LogP contribution in [0.2, 0.25) is 0 Å². The van der Waals surface area contributed by atoms with E-state index in [-0.39, 0.29) is 23.9 Å². The van der Waals surface area contributed by atoms with E-state index in [4.69, 9.17) is 0 Å². The maximum absolute atomic E-state index is 12.4. The lowest BCUT2D eigenvalue weighted by Gasteiger charge is -2.35.